The highest BCUT2D eigenvalue weighted by molar-refractivity contribution is 7.85. The summed E-state index contributed by atoms with van der Waals surface area (Å²) in [6, 6.07) is 6.52. The fourth-order valence-corrected chi connectivity index (χ4v) is 4.19. The molecule has 1 aromatic rings. The van der Waals surface area contributed by atoms with E-state index in [9.17, 15) is 8.42 Å². The minimum Gasteiger partial charge on any atom is -0.491 e. The van der Waals surface area contributed by atoms with Crippen LogP contribution < -0.4 is 4.74 Å². The third-order valence-electron chi connectivity index (χ3n) is 5.28. The average molecular weight is 427 g/mol. The van der Waals surface area contributed by atoms with Gasteiger partial charge in [0.05, 0.1) is 11.9 Å². The molecule has 0 saturated carbocycles. The minimum atomic E-state index is -3.95. The first kappa shape index (κ1) is 26.0. The summed E-state index contributed by atoms with van der Waals surface area (Å²) in [6.45, 7) is 6.32. The molecule has 1 N–H and O–H groups in total. The molecule has 29 heavy (non-hydrogen) atoms. The van der Waals surface area contributed by atoms with Crippen molar-refractivity contribution in [3.05, 3.63) is 29.3 Å². The third-order valence-corrected chi connectivity index (χ3v) is 6.04. The van der Waals surface area contributed by atoms with Crippen molar-refractivity contribution in [2.24, 2.45) is 0 Å². The largest absolute Gasteiger partial charge is 0.491 e. The number of benzene rings is 1. The van der Waals surface area contributed by atoms with Crippen LogP contribution in [-0.4, -0.2) is 24.8 Å². The van der Waals surface area contributed by atoms with Gasteiger partial charge in [-0.15, -0.1) is 0 Å². The molecule has 0 aromatic heterocycles. The highest BCUT2D eigenvalue weighted by atomic mass is 32.2. The van der Waals surface area contributed by atoms with Gasteiger partial charge in [-0.2, -0.15) is 8.42 Å². The molecule has 0 radical (unpaired) electrons. The van der Waals surface area contributed by atoms with Gasteiger partial charge in [-0.05, 0) is 55.9 Å². The molecule has 0 aliphatic carbocycles. The van der Waals surface area contributed by atoms with Gasteiger partial charge in [0.1, 0.15) is 5.75 Å². The minimum absolute atomic E-state index is 0.255. The predicted octanol–water partition coefficient (Wildman–Crippen LogP) is 6.76. The van der Waals surface area contributed by atoms with Crippen LogP contribution in [0.25, 0.3) is 0 Å². The Hall–Kier alpha value is -1.07. The first-order valence-electron chi connectivity index (χ1n) is 11.6. The van der Waals surface area contributed by atoms with Crippen molar-refractivity contribution in [2.75, 3.05) is 5.75 Å². The maximum Gasteiger partial charge on any atom is 0.264 e. The van der Waals surface area contributed by atoms with Crippen molar-refractivity contribution in [2.45, 2.75) is 110 Å². The molecule has 1 atom stereocenters. The highest BCUT2D eigenvalue weighted by Gasteiger charge is 2.12. The van der Waals surface area contributed by atoms with E-state index in [1.807, 2.05) is 6.92 Å². The van der Waals surface area contributed by atoms with E-state index in [2.05, 4.69) is 32.0 Å². The molecule has 0 aliphatic heterocycles. The Morgan fingerprint density at radius 2 is 1.31 bits per heavy atom. The summed E-state index contributed by atoms with van der Waals surface area (Å²) in [5.41, 5.74) is 2.62. The fourth-order valence-electron chi connectivity index (χ4n) is 3.56. The lowest BCUT2D eigenvalue weighted by Crippen LogP contribution is -2.17. The molecular weight excluding hydrogens is 384 g/mol. The number of hydrogen-bond donors (Lipinski definition) is 1. The van der Waals surface area contributed by atoms with Crippen molar-refractivity contribution >= 4 is 10.1 Å². The van der Waals surface area contributed by atoms with Crippen molar-refractivity contribution < 1.29 is 17.7 Å². The normalized spacial score (nSPS) is 12.8. The number of aryl methyl sites for hydroxylation is 2. The highest BCUT2D eigenvalue weighted by Crippen LogP contribution is 2.23. The van der Waals surface area contributed by atoms with Gasteiger partial charge < -0.3 is 4.74 Å². The maximum absolute atomic E-state index is 11.0. The summed E-state index contributed by atoms with van der Waals surface area (Å²) in [5.74, 6) is 0.553. The zero-order valence-electron chi connectivity index (χ0n) is 18.8. The Morgan fingerprint density at radius 1 is 0.828 bits per heavy atom. The molecule has 0 heterocycles. The molecule has 0 amide bonds. The van der Waals surface area contributed by atoms with E-state index in [4.69, 9.17) is 9.29 Å². The number of hydrogen-bond acceptors (Lipinski definition) is 3. The standard InChI is InChI=1S/C24H42O4S/c1-4-6-8-10-12-14-22-18-23(15-13-11-9-7-5-2)20-24(19-22)28-21(3)16-17-29(25,26)27/h18-21H,4-17H2,1-3H3,(H,25,26,27). The van der Waals surface area contributed by atoms with E-state index in [1.54, 1.807) is 0 Å². The Bertz CT molecular complexity index is 623. The van der Waals surface area contributed by atoms with Crippen molar-refractivity contribution in [3.8, 4) is 5.75 Å². The summed E-state index contributed by atoms with van der Waals surface area (Å²) >= 11 is 0. The number of ether oxygens (including phenoxy) is 1. The molecular formula is C24H42O4S. The van der Waals surface area contributed by atoms with Crippen LogP contribution in [-0.2, 0) is 23.0 Å². The molecule has 4 nitrogen and oxygen atoms in total. The van der Waals surface area contributed by atoms with Crippen LogP contribution in [0.5, 0.6) is 5.75 Å². The molecule has 1 aromatic carbocycles. The first-order chi connectivity index (χ1) is 13.8. The number of unbranched alkanes of at least 4 members (excludes halogenated alkanes) is 8. The smallest absolute Gasteiger partial charge is 0.264 e. The second-order valence-electron chi connectivity index (χ2n) is 8.32. The van der Waals surface area contributed by atoms with Crippen molar-refractivity contribution in [3.63, 3.8) is 0 Å². The summed E-state index contributed by atoms with van der Waals surface area (Å²) in [4.78, 5) is 0. The number of rotatable bonds is 17. The summed E-state index contributed by atoms with van der Waals surface area (Å²) in [7, 11) is -3.95. The Labute approximate surface area is 179 Å². The van der Waals surface area contributed by atoms with Crippen molar-refractivity contribution in [1.29, 1.82) is 0 Å². The third kappa shape index (κ3) is 13.7. The molecule has 168 valence electrons. The summed E-state index contributed by atoms with van der Waals surface area (Å²) < 4.78 is 36.9. The van der Waals surface area contributed by atoms with Crippen LogP contribution in [0, 0.1) is 0 Å². The molecule has 0 bridgehead atoms. The van der Waals surface area contributed by atoms with Crippen LogP contribution in [0.3, 0.4) is 0 Å². The lowest BCUT2D eigenvalue weighted by Gasteiger charge is -2.16. The van der Waals surface area contributed by atoms with E-state index in [0.717, 1.165) is 18.6 Å². The molecule has 0 fully saturated rings. The lowest BCUT2D eigenvalue weighted by molar-refractivity contribution is 0.216. The quantitative estimate of drug-likeness (QED) is 0.221. The Balaban J connectivity index is 2.69. The van der Waals surface area contributed by atoms with Gasteiger partial charge in [0.15, 0.2) is 0 Å². The van der Waals surface area contributed by atoms with Crippen LogP contribution in [0.4, 0.5) is 0 Å². The molecule has 0 saturated heterocycles. The first-order valence-corrected chi connectivity index (χ1v) is 13.2. The lowest BCUT2D eigenvalue weighted by atomic mass is 9.99. The van der Waals surface area contributed by atoms with E-state index in [-0.39, 0.29) is 18.3 Å². The molecule has 0 aliphatic rings. The molecule has 0 spiro atoms. The summed E-state index contributed by atoms with van der Waals surface area (Å²) in [6.07, 6.45) is 14.8. The van der Waals surface area contributed by atoms with E-state index < -0.39 is 10.1 Å². The average Bonchev–Trinajstić information content (AvgIpc) is 2.65. The van der Waals surface area contributed by atoms with Crippen LogP contribution in [0.2, 0.25) is 0 Å². The second kappa shape index (κ2) is 14.8. The topological polar surface area (TPSA) is 63.6 Å². The second-order valence-corrected chi connectivity index (χ2v) is 9.89. The van der Waals surface area contributed by atoms with Crippen molar-refractivity contribution in [1.82, 2.24) is 0 Å². The van der Waals surface area contributed by atoms with Gasteiger partial charge >= 0.3 is 0 Å². The zero-order chi connectivity index (χ0) is 21.5. The summed E-state index contributed by atoms with van der Waals surface area (Å²) in [5, 5.41) is 0. The predicted molar refractivity (Wildman–Crippen MR) is 122 cm³/mol. The van der Waals surface area contributed by atoms with Gasteiger partial charge in [-0.3, -0.25) is 4.55 Å². The van der Waals surface area contributed by atoms with Gasteiger partial charge in [0.25, 0.3) is 10.1 Å². The van der Waals surface area contributed by atoms with Gasteiger partial charge in [-0.1, -0.05) is 71.3 Å². The van der Waals surface area contributed by atoms with Gasteiger partial charge in [0, 0.05) is 6.42 Å². The zero-order valence-corrected chi connectivity index (χ0v) is 19.6. The van der Waals surface area contributed by atoms with Gasteiger partial charge in [-0.25, -0.2) is 0 Å². The SMILES string of the molecule is CCCCCCCc1cc(CCCCCCC)cc(OC(C)CCS(=O)(=O)O)c1. The molecule has 5 heteroatoms. The maximum atomic E-state index is 11.0. The monoisotopic (exact) mass is 426 g/mol. The Kier molecular flexibility index (Phi) is 13.3. The Morgan fingerprint density at radius 3 is 1.76 bits per heavy atom. The molecule has 1 rings (SSSR count). The van der Waals surface area contributed by atoms with E-state index in [0.29, 0.717) is 0 Å². The van der Waals surface area contributed by atoms with Crippen LogP contribution in [0.15, 0.2) is 18.2 Å². The van der Waals surface area contributed by atoms with Gasteiger partial charge in [0.2, 0.25) is 0 Å². The fraction of sp³-hybridized carbons (Fsp3) is 0.750. The van der Waals surface area contributed by atoms with Crippen LogP contribution in [0.1, 0.15) is 103 Å². The molecule has 1 unspecified atom stereocenters. The van der Waals surface area contributed by atoms with E-state index in [1.165, 1.54) is 75.3 Å². The van der Waals surface area contributed by atoms with Crippen LogP contribution >= 0.6 is 0 Å². The van der Waals surface area contributed by atoms with E-state index >= 15 is 0 Å².